The fourth-order valence-corrected chi connectivity index (χ4v) is 1.67. The second kappa shape index (κ2) is 3.77. The molecule has 16 heavy (non-hydrogen) atoms. The summed E-state index contributed by atoms with van der Waals surface area (Å²) in [7, 11) is 0. The molecule has 1 N–H and O–H groups in total. The summed E-state index contributed by atoms with van der Waals surface area (Å²) in [5, 5.41) is 8.77. The van der Waals surface area contributed by atoms with Crippen molar-refractivity contribution >= 4 is 23.5 Å². The van der Waals surface area contributed by atoms with Crippen LogP contribution in [0.1, 0.15) is 6.42 Å². The first-order chi connectivity index (χ1) is 7.61. The molecule has 0 aliphatic carbocycles. The number of anilines is 1. The van der Waals surface area contributed by atoms with Gasteiger partial charge in [-0.15, -0.1) is 0 Å². The zero-order valence-corrected chi connectivity index (χ0v) is 8.29. The predicted molar refractivity (Wildman–Crippen MR) is 54.7 cm³/mol. The highest BCUT2D eigenvalue weighted by Crippen LogP contribution is 2.26. The predicted octanol–water partition coefficient (Wildman–Crippen LogP) is 0.651. The van der Waals surface area contributed by atoms with Gasteiger partial charge in [0.15, 0.2) is 0 Å². The van der Waals surface area contributed by atoms with Crippen molar-refractivity contribution in [2.75, 3.05) is 4.90 Å². The van der Waals surface area contributed by atoms with Crippen LogP contribution in [0, 0.1) is 5.92 Å². The second-order valence-corrected chi connectivity index (χ2v) is 3.50. The first-order valence-corrected chi connectivity index (χ1v) is 4.76. The van der Waals surface area contributed by atoms with E-state index >= 15 is 0 Å². The molecule has 5 nitrogen and oxygen atoms in total. The SMILES string of the molecule is O=C(O)C1CC(=O)N(c2ccccc2)C1=O. The van der Waals surface area contributed by atoms with Crippen LogP contribution in [0.2, 0.25) is 0 Å². The Balaban J connectivity index is 2.34. The summed E-state index contributed by atoms with van der Waals surface area (Å²) in [5.41, 5.74) is 0.418. The van der Waals surface area contributed by atoms with Crippen molar-refractivity contribution < 1.29 is 19.5 Å². The maximum atomic E-state index is 11.7. The van der Waals surface area contributed by atoms with Crippen molar-refractivity contribution in [2.45, 2.75) is 6.42 Å². The number of amides is 2. The molecule has 2 rings (SSSR count). The minimum Gasteiger partial charge on any atom is -0.481 e. The smallest absolute Gasteiger partial charge is 0.316 e. The molecule has 1 saturated heterocycles. The third kappa shape index (κ3) is 1.56. The number of carbonyl (C=O) groups excluding carboxylic acids is 2. The molecule has 5 heteroatoms. The standard InChI is InChI=1S/C11H9NO4/c13-9-6-8(11(15)16)10(14)12(9)7-4-2-1-3-5-7/h1-5,8H,6H2,(H,15,16). The van der Waals surface area contributed by atoms with E-state index in [-0.39, 0.29) is 6.42 Å². The van der Waals surface area contributed by atoms with E-state index in [9.17, 15) is 14.4 Å². The van der Waals surface area contributed by atoms with Crippen LogP contribution in [-0.2, 0) is 14.4 Å². The summed E-state index contributed by atoms with van der Waals surface area (Å²) in [4.78, 5) is 34.9. The first-order valence-electron chi connectivity index (χ1n) is 4.76. The number of benzene rings is 1. The number of carboxylic acid groups (broad SMARTS) is 1. The fourth-order valence-electron chi connectivity index (χ4n) is 1.67. The minimum absolute atomic E-state index is 0.261. The number of hydrogen-bond acceptors (Lipinski definition) is 3. The van der Waals surface area contributed by atoms with Crippen molar-refractivity contribution in [1.29, 1.82) is 0 Å². The van der Waals surface area contributed by atoms with Gasteiger partial charge in [0, 0.05) is 6.42 Å². The molecule has 1 aliphatic rings. The molecule has 0 radical (unpaired) electrons. The summed E-state index contributed by atoms with van der Waals surface area (Å²) in [6.45, 7) is 0. The van der Waals surface area contributed by atoms with Crippen LogP contribution in [0.15, 0.2) is 30.3 Å². The summed E-state index contributed by atoms with van der Waals surface area (Å²) in [5.74, 6) is -3.63. The zero-order valence-electron chi connectivity index (χ0n) is 8.29. The van der Waals surface area contributed by atoms with Gasteiger partial charge in [0.05, 0.1) is 5.69 Å². The third-order valence-electron chi connectivity index (χ3n) is 2.46. The zero-order chi connectivity index (χ0) is 11.7. The Hall–Kier alpha value is -2.17. The lowest BCUT2D eigenvalue weighted by Crippen LogP contribution is -2.32. The monoisotopic (exact) mass is 219 g/mol. The highest BCUT2D eigenvalue weighted by atomic mass is 16.4. The van der Waals surface area contributed by atoms with Gasteiger partial charge in [-0.1, -0.05) is 18.2 Å². The molecule has 1 aromatic carbocycles. The molecule has 82 valence electrons. The number of carbonyl (C=O) groups is 3. The highest BCUT2D eigenvalue weighted by Gasteiger charge is 2.43. The second-order valence-electron chi connectivity index (χ2n) is 3.50. The van der Waals surface area contributed by atoms with Gasteiger partial charge in [0.1, 0.15) is 5.92 Å². The van der Waals surface area contributed by atoms with Gasteiger partial charge < -0.3 is 5.11 Å². The van der Waals surface area contributed by atoms with E-state index in [2.05, 4.69) is 0 Å². The Labute approximate surface area is 91.3 Å². The number of para-hydroxylation sites is 1. The van der Waals surface area contributed by atoms with Crippen LogP contribution in [0.4, 0.5) is 5.69 Å². The van der Waals surface area contributed by atoms with Crippen LogP contribution in [-0.4, -0.2) is 22.9 Å². The molecule has 1 aliphatic heterocycles. The Kier molecular flexibility index (Phi) is 2.44. The normalized spacial score (nSPS) is 20.2. The molecule has 0 aromatic heterocycles. The van der Waals surface area contributed by atoms with Gasteiger partial charge in [0.2, 0.25) is 11.8 Å². The van der Waals surface area contributed by atoms with Gasteiger partial charge >= 0.3 is 5.97 Å². The first kappa shape index (κ1) is 10.4. The van der Waals surface area contributed by atoms with E-state index in [1.54, 1.807) is 30.3 Å². The van der Waals surface area contributed by atoms with Crippen molar-refractivity contribution in [3.63, 3.8) is 0 Å². The number of carboxylic acids is 1. The van der Waals surface area contributed by atoms with Crippen molar-refractivity contribution in [1.82, 2.24) is 0 Å². The maximum absolute atomic E-state index is 11.7. The van der Waals surface area contributed by atoms with Gasteiger partial charge in [-0.2, -0.15) is 0 Å². The lowest BCUT2D eigenvalue weighted by molar-refractivity contribution is -0.145. The fraction of sp³-hybridized carbons (Fsp3) is 0.182. The summed E-state index contributed by atoms with van der Waals surface area (Å²) in [6.07, 6.45) is -0.261. The molecule has 0 saturated carbocycles. The van der Waals surface area contributed by atoms with E-state index in [4.69, 9.17) is 5.11 Å². The van der Waals surface area contributed by atoms with Crippen LogP contribution in [0.5, 0.6) is 0 Å². The molecule has 0 spiro atoms. The molecule has 1 heterocycles. The van der Waals surface area contributed by atoms with Gasteiger partial charge in [-0.3, -0.25) is 14.4 Å². The van der Waals surface area contributed by atoms with E-state index in [1.165, 1.54) is 0 Å². The quantitative estimate of drug-likeness (QED) is 0.585. The minimum atomic E-state index is -1.25. The number of rotatable bonds is 2. The number of imide groups is 1. The lowest BCUT2D eigenvalue weighted by Gasteiger charge is -2.13. The molecular weight excluding hydrogens is 210 g/mol. The molecule has 2 amide bonds. The molecular formula is C11H9NO4. The van der Waals surface area contributed by atoms with Crippen LogP contribution < -0.4 is 4.90 Å². The highest BCUT2D eigenvalue weighted by molar-refractivity contribution is 6.25. The van der Waals surface area contributed by atoms with E-state index < -0.39 is 23.7 Å². The van der Waals surface area contributed by atoms with Crippen LogP contribution in [0.3, 0.4) is 0 Å². The average Bonchev–Trinajstić information content (AvgIpc) is 2.56. The number of hydrogen-bond donors (Lipinski definition) is 1. The Bertz CT molecular complexity index is 454. The Morgan fingerprint density at radius 1 is 1.25 bits per heavy atom. The maximum Gasteiger partial charge on any atom is 0.316 e. The molecule has 1 fully saturated rings. The molecule has 1 atom stereocenters. The molecule has 1 aromatic rings. The van der Waals surface area contributed by atoms with Crippen molar-refractivity contribution in [3.05, 3.63) is 30.3 Å². The van der Waals surface area contributed by atoms with Crippen LogP contribution in [0.25, 0.3) is 0 Å². The summed E-state index contributed by atoms with van der Waals surface area (Å²) < 4.78 is 0. The lowest BCUT2D eigenvalue weighted by atomic mass is 10.1. The third-order valence-corrected chi connectivity index (χ3v) is 2.46. The summed E-state index contributed by atoms with van der Waals surface area (Å²) >= 11 is 0. The van der Waals surface area contributed by atoms with Crippen molar-refractivity contribution in [3.8, 4) is 0 Å². The van der Waals surface area contributed by atoms with E-state index in [0.29, 0.717) is 5.69 Å². The van der Waals surface area contributed by atoms with Crippen LogP contribution >= 0.6 is 0 Å². The number of nitrogens with zero attached hydrogens (tertiary/aromatic N) is 1. The largest absolute Gasteiger partial charge is 0.481 e. The van der Waals surface area contributed by atoms with Gasteiger partial charge in [-0.05, 0) is 12.1 Å². The van der Waals surface area contributed by atoms with E-state index in [1.807, 2.05) is 0 Å². The van der Waals surface area contributed by atoms with Crippen molar-refractivity contribution in [2.24, 2.45) is 5.92 Å². The van der Waals surface area contributed by atoms with E-state index in [0.717, 1.165) is 4.90 Å². The van der Waals surface area contributed by atoms with Gasteiger partial charge in [0.25, 0.3) is 0 Å². The average molecular weight is 219 g/mol. The van der Waals surface area contributed by atoms with Gasteiger partial charge in [-0.25, -0.2) is 4.90 Å². The Morgan fingerprint density at radius 3 is 2.38 bits per heavy atom. The Morgan fingerprint density at radius 2 is 1.88 bits per heavy atom. The topological polar surface area (TPSA) is 74.7 Å². The number of aliphatic carboxylic acids is 1. The molecule has 0 bridgehead atoms. The molecule has 1 unspecified atom stereocenters. The summed E-state index contributed by atoms with van der Waals surface area (Å²) in [6, 6.07) is 8.32.